The Morgan fingerprint density at radius 3 is 2.64 bits per heavy atom. The number of H-pyrrole nitrogens is 1. The molecule has 0 aliphatic carbocycles. The summed E-state index contributed by atoms with van der Waals surface area (Å²) in [6.45, 7) is 0.465. The van der Waals surface area contributed by atoms with Crippen molar-refractivity contribution < 1.29 is 14.8 Å². The summed E-state index contributed by atoms with van der Waals surface area (Å²) in [5, 5.41) is 12.6. The van der Waals surface area contributed by atoms with Gasteiger partial charge < -0.3 is 10.3 Å². The monoisotopic (exact) mass is 377 g/mol. The lowest BCUT2D eigenvalue weighted by molar-refractivity contribution is -0.124. The number of rotatable bonds is 8. The Morgan fingerprint density at radius 1 is 1.07 bits per heavy atom. The lowest BCUT2D eigenvalue weighted by Crippen LogP contribution is -2.22. The lowest BCUT2D eigenvalue weighted by atomic mass is 10.1. The number of amides is 2. The van der Waals surface area contributed by atoms with Gasteiger partial charge in [-0.25, -0.2) is 5.48 Å². The first-order valence-electron chi connectivity index (χ1n) is 9.18. The van der Waals surface area contributed by atoms with Crippen molar-refractivity contribution in [3.8, 4) is 0 Å². The number of aryl methyl sites for hydroxylation is 1. The van der Waals surface area contributed by atoms with E-state index in [1.54, 1.807) is 6.08 Å². The summed E-state index contributed by atoms with van der Waals surface area (Å²) in [6, 6.07) is 15.6. The molecule has 2 aromatic carbocycles. The molecule has 0 aliphatic rings. The first-order valence-corrected chi connectivity index (χ1v) is 9.18. The van der Waals surface area contributed by atoms with Crippen LogP contribution in [0.5, 0.6) is 0 Å². The highest BCUT2D eigenvalue weighted by Gasteiger charge is 2.05. The van der Waals surface area contributed by atoms with Gasteiger partial charge in [0, 0.05) is 36.1 Å². The average Bonchev–Trinajstić information content (AvgIpc) is 3.14. The Morgan fingerprint density at radius 2 is 1.86 bits per heavy atom. The molecule has 3 aromatic rings. The fraction of sp³-hybridized carbons (Fsp3) is 0.182. The fourth-order valence-electron chi connectivity index (χ4n) is 3.02. The second kappa shape index (κ2) is 9.53. The molecule has 0 aliphatic heterocycles. The van der Waals surface area contributed by atoms with E-state index in [0.29, 0.717) is 13.0 Å². The van der Waals surface area contributed by atoms with E-state index in [2.05, 4.69) is 16.4 Å². The molecule has 3 rings (SSSR count). The van der Waals surface area contributed by atoms with Crippen LogP contribution in [0.1, 0.15) is 29.5 Å². The molecule has 6 heteroatoms. The highest BCUT2D eigenvalue weighted by molar-refractivity contribution is 5.90. The normalized spacial score (nSPS) is 11.0. The number of hydrogen-bond acceptors (Lipinski definition) is 3. The Bertz CT molecular complexity index is 974. The summed E-state index contributed by atoms with van der Waals surface area (Å²) in [5.74, 6) is -0.549. The zero-order valence-corrected chi connectivity index (χ0v) is 15.4. The van der Waals surface area contributed by atoms with E-state index in [1.807, 2.05) is 48.7 Å². The molecule has 0 bridgehead atoms. The van der Waals surface area contributed by atoms with E-state index in [-0.39, 0.29) is 5.91 Å². The van der Waals surface area contributed by atoms with Gasteiger partial charge in [-0.1, -0.05) is 42.5 Å². The molecular formula is C22H23N3O3. The maximum Gasteiger partial charge on any atom is 0.267 e. The molecule has 28 heavy (non-hydrogen) atoms. The molecule has 0 fully saturated rings. The van der Waals surface area contributed by atoms with Gasteiger partial charge in [0.05, 0.1) is 0 Å². The van der Waals surface area contributed by atoms with E-state index < -0.39 is 5.91 Å². The Hall–Kier alpha value is -3.38. The van der Waals surface area contributed by atoms with Gasteiger partial charge in [0.15, 0.2) is 0 Å². The first kappa shape index (κ1) is 19.4. The standard InChI is InChI=1S/C22H23N3O3/c26-21(7-3-4-18-15-23-20-6-2-1-5-19(18)20)24-14-17-10-8-16(9-11-17)12-13-22(27)25-28/h1-2,5-6,8-13,15,23,28H,3-4,7,14H2,(H,24,26)(H,25,27). The molecule has 0 spiro atoms. The number of aromatic amines is 1. The second-order valence-corrected chi connectivity index (χ2v) is 6.54. The summed E-state index contributed by atoms with van der Waals surface area (Å²) >= 11 is 0. The smallest absolute Gasteiger partial charge is 0.267 e. The maximum absolute atomic E-state index is 12.1. The summed E-state index contributed by atoms with van der Waals surface area (Å²) in [7, 11) is 0. The van der Waals surface area contributed by atoms with Crippen molar-refractivity contribution >= 4 is 28.8 Å². The third kappa shape index (κ3) is 5.31. The number of aromatic nitrogens is 1. The average molecular weight is 377 g/mol. The van der Waals surface area contributed by atoms with Gasteiger partial charge >= 0.3 is 0 Å². The van der Waals surface area contributed by atoms with Crippen LogP contribution in [0.2, 0.25) is 0 Å². The minimum Gasteiger partial charge on any atom is -0.361 e. The number of carbonyl (C=O) groups is 2. The van der Waals surface area contributed by atoms with Crippen LogP contribution in [0.3, 0.4) is 0 Å². The lowest BCUT2D eigenvalue weighted by Gasteiger charge is -2.06. The molecule has 0 saturated heterocycles. The van der Waals surface area contributed by atoms with Crippen LogP contribution in [0, 0.1) is 0 Å². The van der Waals surface area contributed by atoms with Crippen molar-refractivity contribution in [2.24, 2.45) is 0 Å². The molecule has 0 radical (unpaired) electrons. The van der Waals surface area contributed by atoms with E-state index in [0.717, 1.165) is 29.5 Å². The fourth-order valence-corrected chi connectivity index (χ4v) is 3.02. The number of hydrogen-bond donors (Lipinski definition) is 4. The van der Waals surface area contributed by atoms with Crippen LogP contribution in [-0.2, 0) is 22.6 Å². The van der Waals surface area contributed by atoms with Crippen molar-refractivity contribution in [2.75, 3.05) is 0 Å². The minimum absolute atomic E-state index is 0.0310. The number of para-hydroxylation sites is 1. The van der Waals surface area contributed by atoms with Gasteiger partial charge in [0.25, 0.3) is 5.91 Å². The molecule has 0 saturated carbocycles. The van der Waals surface area contributed by atoms with Crippen LogP contribution in [0.15, 0.2) is 60.8 Å². The number of carbonyl (C=O) groups excluding carboxylic acids is 2. The largest absolute Gasteiger partial charge is 0.361 e. The van der Waals surface area contributed by atoms with Gasteiger partial charge in [-0.05, 0) is 41.7 Å². The molecule has 144 valence electrons. The van der Waals surface area contributed by atoms with Gasteiger partial charge in [-0.15, -0.1) is 0 Å². The van der Waals surface area contributed by atoms with Crippen LogP contribution < -0.4 is 10.8 Å². The molecular weight excluding hydrogens is 354 g/mol. The third-order valence-corrected chi connectivity index (χ3v) is 4.53. The number of benzene rings is 2. The van der Waals surface area contributed by atoms with Crippen molar-refractivity contribution in [2.45, 2.75) is 25.8 Å². The second-order valence-electron chi connectivity index (χ2n) is 6.54. The molecule has 6 nitrogen and oxygen atoms in total. The molecule has 0 unspecified atom stereocenters. The summed E-state index contributed by atoms with van der Waals surface area (Å²) < 4.78 is 0. The topological polar surface area (TPSA) is 94.2 Å². The van der Waals surface area contributed by atoms with E-state index in [9.17, 15) is 9.59 Å². The number of fused-ring (bicyclic) bond motifs is 1. The van der Waals surface area contributed by atoms with Crippen molar-refractivity contribution in [1.82, 2.24) is 15.8 Å². The van der Waals surface area contributed by atoms with Gasteiger partial charge in [0.1, 0.15) is 0 Å². The van der Waals surface area contributed by atoms with Crippen molar-refractivity contribution in [3.05, 3.63) is 77.5 Å². The molecule has 2 amide bonds. The summed E-state index contributed by atoms with van der Waals surface area (Å²) in [6.07, 6.45) is 6.99. The maximum atomic E-state index is 12.1. The summed E-state index contributed by atoms with van der Waals surface area (Å²) in [5.41, 5.74) is 5.71. The zero-order chi connectivity index (χ0) is 19.8. The molecule has 1 aromatic heterocycles. The van der Waals surface area contributed by atoms with E-state index in [4.69, 9.17) is 5.21 Å². The summed E-state index contributed by atoms with van der Waals surface area (Å²) in [4.78, 5) is 26.3. The molecule has 1 heterocycles. The first-order chi connectivity index (χ1) is 13.7. The van der Waals surface area contributed by atoms with Crippen molar-refractivity contribution in [3.63, 3.8) is 0 Å². The van der Waals surface area contributed by atoms with Crippen LogP contribution in [0.25, 0.3) is 17.0 Å². The van der Waals surface area contributed by atoms with E-state index in [1.165, 1.54) is 22.5 Å². The van der Waals surface area contributed by atoms with Gasteiger partial charge in [0.2, 0.25) is 5.91 Å². The SMILES string of the molecule is O=C(C=Cc1ccc(CNC(=O)CCCc2c[nH]c3ccccc23)cc1)NO. The minimum atomic E-state index is -0.580. The van der Waals surface area contributed by atoms with E-state index >= 15 is 0 Å². The Balaban J connectivity index is 1.41. The Labute approximate surface area is 163 Å². The van der Waals surface area contributed by atoms with Gasteiger partial charge in [-0.2, -0.15) is 0 Å². The Kier molecular flexibility index (Phi) is 6.59. The number of nitrogens with one attached hydrogen (secondary N) is 3. The zero-order valence-electron chi connectivity index (χ0n) is 15.4. The predicted molar refractivity (Wildman–Crippen MR) is 108 cm³/mol. The van der Waals surface area contributed by atoms with Crippen LogP contribution in [0.4, 0.5) is 0 Å². The third-order valence-electron chi connectivity index (χ3n) is 4.53. The van der Waals surface area contributed by atoms with Crippen molar-refractivity contribution in [1.29, 1.82) is 0 Å². The van der Waals surface area contributed by atoms with Gasteiger partial charge in [-0.3, -0.25) is 14.8 Å². The predicted octanol–water partition coefficient (Wildman–Crippen LogP) is 3.33. The number of hydroxylamine groups is 1. The molecule has 4 N–H and O–H groups in total. The highest BCUT2D eigenvalue weighted by Crippen LogP contribution is 2.19. The van der Waals surface area contributed by atoms with Crippen LogP contribution in [-0.4, -0.2) is 22.0 Å². The van der Waals surface area contributed by atoms with Crippen LogP contribution >= 0.6 is 0 Å². The quantitative estimate of drug-likeness (QED) is 0.276. The molecule has 0 atom stereocenters. The highest BCUT2D eigenvalue weighted by atomic mass is 16.5.